The van der Waals surface area contributed by atoms with Crippen LogP contribution in [0.2, 0.25) is 5.02 Å². The van der Waals surface area contributed by atoms with Crippen LogP contribution in [-0.4, -0.2) is 4.98 Å². The molecule has 0 bridgehead atoms. The van der Waals surface area contributed by atoms with Gasteiger partial charge < -0.3 is 11.5 Å². The number of pyridine rings is 1. The molecular weight excluding hydrogens is 246 g/mol. The average Bonchev–Trinajstić information content (AvgIpc) is 2.36. The lowest BCUT2D eigenvalue weighted by Crippen LogP contribution is -1.98. The monoisotopic (exact) mass is 257 g/mol. The van der Waals surface area contributed by atoms with E-state index in [0.717, 1.165) is 27.4 Å². The van der Waals surface area contributed by atoms with Gasteiger partial charge in [0.05, 0.1) is 27.4 Å². The predicted molar refractivity (Wildman–Crippen MR) is 77.8 cm³/mol. The number of hydrogen-bond acceptors (Lipinski definition) is 3. The molecule has 18 heavy (non-hydrogen) atoms. The summed E-state index contributed by atoms with van der Waals surface area (Å²) in [5.41, 5.74) is 15.4. The first-order valence-electron chi connectivity index (χ1n) is 5.62. The van der Waals surface area contributed by atoms with Gasteiger partial charge in [-0.2, -0.15) is 0 Å². The molecule has 0 aliphatic carbocycles. The lowest BCUT2D eigenvalue weighted by Gasteiger charge is -2.11. The summed E-state index contributed by atoms with van der Waals surface area (Å²) < 4.78 is 0. The Morgan fingerprint density at radius 1 is 1.11 bits per heavy atom. The molecule has 1 heterocycles. The van der Waals surface area contributed by atoms with Crippen LogP contribution < -0.4 is 11.5 Å². The predicted octanol–water partition coefficient (Wildman–Crippen LogP) is 3.51. The van der Waals surface area contributed by atoms with Crippen molar-refractivity contribution in [3.8, 4) is 0 Å². The van der Waals surface area contributed by atoms with E-state index < -0.39 is 0 Å². The third-order valence-electron chi connectivity index (χ3n) is 3.24. The van der Waals surface area contributed by atoms with Crippen LogP contribution in [-0.2, 0) is 0 Å². The third-order valence-corrected chi connectivity index (χ3v) is 3.63. The number of aromatic nitrogens is 1. The van der Waals surface area contributed by atoms with Crippen LogP contribution in [0.15, 0.2) is 30.3 Å². The van der Waals surface area contributed by atoms with E-state index in [-0.39, 0.29) is 0 Å². The zero-order chi connectivity index (χ0) is 12.9. The molecule has 0 unspecified atom stereocenters. The summed E-state index contributed by atoms with van der Waals surface area (Å²) in [4.78, 5) is 4.58. The molecule has 0 spiro atoms. The van der Waals surface area contributed by atoms with Gasteiger partial charge in [0.2, 0.25) is 0 Å². The van der Waals surface area contributed by atoms with E-state index in [1.165, 1.54) is 0 Å². The summed E-state index contributed by atoms with van der Waals surface area (Å²) in [7, 11) is 0. The number of benzene rings is 2. The Balaban J connectivity index is 2.61. The van der Waals surface area contributed by atoms with Gasteiger partial charge in [-0.25, -0.2) is 4.98 Å². The van der Waals surface area contributed by atoms with E-state index in [0.29, 0.717) is 16.4 Å². The standard InChI is InChI=1S/C14H12ClN3/c1-7-8-4-2-3-5-10(8)18-11-6-9(16)14(17)13(15)12(7)11/h2-6H,16-17H2,1H3. The van der Waals surface area contributed by atoms with Crippen molar-refractivity contribution in [2.45, 2.75) is 6.92 Å². The fourth-order valence-electron chi connectivity index (χ4n) is 2.27. The Labute approximate surface area is 109 Å². The van der Waals surface area contributed by atoms with Crippen LogP contribution in [0.3, 0.4) is 0 Å². The fraction of sp³-hybridized carbons (Fsp3) is 0.0714. The van der Waals surface area contributed by atoms with Crippen molar-refractivity contribution in [1.82, 2.24) is 4.98 Å². The minimum Gasteiger partial charge on any atom is -0.397 e. The minimum atomic E-state index is 0.421. The van der Waals surface area contributed by atoms with Crippen molar-refractivity contribution in [2.75, 3.05) is 11.5 Å². The van der Waals surface area contributed by atoms with Gasteiger partial charge in [-0.05, 0) is 24.6 Å². The number of hydrogen-bond donors (Lipinski definition) is 2. The van der Waals surface area contributed by atoms with Crippen molar-refractivity contribution in [2.24, 2.45) is 0 Å². The molecule has 0 saturated heterocycles. The Morgan fingerprint density at radius 3 is 2.61 bits per heavy atom. The number of fused-ring (bicyclic) bond motifs is 2. The van der Waals surface area contributed by atoms with Crippen molar-refractivity contribution in [1.29, 1.82) is 0 Å². The van der Waals surface area contributed by atoms with Gasteiger partial charge in [0.1, 0.15) is 0 Å². The highest BCUT2D eigenvalue weighted by Crippen LogP contribution is 2.37. The molecule has 0 fully saturated rings. The molecule has 0 saturated carbocycles. The van der Waals surface area contributed by atoms with Crippen LogP contribution in [0.25, 0.3) is 21.8 Å². The van der Waals surface area contributed by atoms with E-state index in [4.69, 9.17) is 23.1 Å². The molecule has 0 atom stereocenters. The molecular formula is C14H12ClN3. The first-order chi connectivity index (χ1) is 8.59. The van der Waals surface area contributed by atoms with E-state index in [1.807, 2.05) is 31.2 Å². The van der Waals surface area contributed by atoms with Crippen LogP contribution in [0.5, 0.6) is 0 Å². The molecule has 0 amide bonds. The molecule has 0 aliphatic heterocycles. The lowest BCUT2D eigenvalue weighted by molar-refractivity contribution is 1.45. The normalized spacial score (nSPS) is 11.2. The van der Waals surface area contributed by atoms with Crippen molar-refractivity contribution in [3.05, 3.63) is 40.9 Å². The SMILES string of the molecule is Cc1c2ccccc2nc2cc(N)c(N)c(Cl)c12. The van der Waals surface area contributed by atoms with Crippen LogP contribution in [0.4, 0.5) is 11.4 Å². The largest absolute Gasteiger partial charge is 0.397 e. The summed E-state index contributed by atoms with van der Waals surface area (Å²) in [5, 5.41) is 2.44. The third kappa shape index (κ3) is 1.41. The molecule has 1 aromatic heterocycles. The Kier molecular flexibility index (Phi) is 2.31. The second-order valence-electron chi connectivity index (χ2n) is 4.34. The average molecular weight is 258 g/mol. The first-order valence-corrected chi connectivity index (χ1v) is 6.00. The van der Waals surface area contributed by atoms with Gasteiger partial charge in [0.15, 0.2) is 0 Å². The number of anilines is 2. The highest BCUT2D eigenvalue weighted by molar-refractivity contribution is 6.39. The van der Waals surface area contributed by atoms with Gasteiger partial charge in [-0.1, -0.05) is 29.8 Å². The van der Waals surface area contributed by atoms with Crippen molar-refractivity contribution in [3.63, 3.8) is 0 Å². The fourth-order valence-corrected chi connectivity index (χ4v) is 2.62. The molecule has 2 aromatic carbocycles. The Morgan fingerprint density at radius 2 is 1.83 bits per heavy atom. The number of halogens is 1. The molecule has 4 heteroatoms. The van der Waals surface area contributed by atoms with Gasteiger partial charge in [0.25, 0.3) is 0 Å². The number of aryl methyl sites for hydroxylation is 1. The van der Waals surface area contributed by atoms with E-state index in [1.54, 1.807) is 6.07 Å². The van der Waals surface area contributed by atoms with Gasteiger partial charge in [-0.3, -0.25) is 0 Å². The van der Waals surface area contributed by atoms with Crippen LogP contribution in [0, 0.1) is 6.92 Å². The molecule has 0 aliphatic rings. The number of rotatable bonds is 0. The van der Waals surface area contributed by atoms with Gasteiger partial charge >= 0.3 is 0 Å². The van der Waals surface area contributed by atoms with Gasteiger partial charge in [0, 0.05) is 10.8 Å². The maximum Gasteiger partial charge on any atom is 0.0753 e. The van der Waals surface area contributed by atoms with Crippen LogP contribution >= 0.6 is 11.6 Å². The second kappa shape index (κ2) is 3.75. The summed E-state index contributed by atoms with van der Waals surface area (Å²) in [5.74, 6) is 0. The highest BCUT2D eigenvalue weighted by Gasteiger charge is 2.12. The smallest absolute Gasteiger partial charge is 0.0753 e. The zero-order valence-corrected chi connectivity index (χ0v) is 10.6. The zero-order valence-electron chi connectivity index (χ0n) is 9.87. The highest BCUT2D eigenvalue weighted by atomic mass is 35.5. The molecule has 90 valence electrons. The minimum absolute atomic E-state index is 0.421. The molecule has 3 aromatic rings. The summed E-state index contributed by atoms with van der Waals surface area (Å²) >= 11 is 6.29. The molecule has 3 nitrogen and oxygen atoms in total. The quantitative estimate of drug-likeness (QED) is 0.478. The molecule has 4 N–H and O–H groups in total. The number of para-hydroxylation sites is 1. The number of nitrogen functional groups attached to an aromatic ring is 2. The first kappa shape index (κ1) is 11.1. The maximum atomic E-state index is 6.29. The maximum absolute atomic E-state index is 6.29. The summed E-state index contributed by atoms with van der Waals surface area (Å²) in [6.07, 6.45) is 0. The molecule has 0 radical (unpaired) electrons. The number of nitrogens with two attached hydrogens (primary N) is 2. The van der Waals surface area contributed by atoms with Crippen molar-refractivity contribution < 1.29 is 0 Å². The molecule has 3 rings (SSSR count). The lowest BCUT2D eigenvalue weighted by atomic mass is 10.0. The van der Waals surface area contributed by atoms with E-state index in [9.17, 15) is 0 Å². The van der Waals surface area contributed by atoms with E-state index in [2.05, 4.69) is 4.98 Å². The van der Waals surface area contributed by atoms with Crippen LogP contribution in [0.1, 0.15) is 5.56 Å². The van der Waals surface area contributed by atoms with Gasteiger partial charge in [-0.15, -0.1) is 0 Å². The Hall–Kier alpha value is -2.00. The topological polar surface area (TPSA) is 64.9 Å². The summed E-state index contributed by atoms with van der Waals surface area (Å²) in [6.45, 7) is 2.02. The summed E-state index contributed by atoms with van der Waals surface area (Å²) in [6, 6.07) is 9.72. The van der Waals surface area contributed by atoms with E-state index >= 15 is 0 Å². The van der Waals surface area contributed by atoms with Crippen molar-refractivity contribution >= 4 is 44.8 Å². The Bertz CT molecular complexity index is 781. The number of nitrogens with zero attached hydrogens (tertiary/aromatic N) is 1. The second-order valence-corrected chi connectivity index (χ2v) is 4.72.